The van der Waals surface area contributed by atoms with Crippen LogP contribution in [0.3, 0.4) is 0 Å². The maximum Gasteiger partial charge on any atom is 0.243 e. The van der Waals surface area contributed by atoms with Crippen LogP contribution in [0, 0.1) is 0 Å². The summed E-state index contributed by atoms with van der Waals surface area (Å²) in [6.45, 7) is 5.04. The van der Waals surface area contributed by atoms with Crippen LogP contribution in [-0.4, -0.2) is 58.6 Å². The van der Waals surface area contributed by atoms with E-state index in [4.69, 9.17) is 0 Å². The van der Waals surface area contributed by atoms with E-state index < -0.39 is 0 Å². The van der Waals surface area contributed by atoms with Crippen molar-refractivity contribution in [1.82, 2.24) is 9.80 Å². The third-order valence-corrected chi connectivity index (χ3v) is 4.46. The van der Waals surface area contributed by atoms with Gasteiger partial charge in [0.25, 0.3) is 0 Å². The van der Waals surface area contributed by atoms with E-state index in [1.807, 2.05) is 11.9 Å². The monoisotopic (exact) mass is 254 g/mol. The SMILES string of the molecule is CN1CC(C)(C)N(C2CCCCC2)C(=O)C1CO. The topological polar surface area (TPSA) is 43.8 Å². The lowest BCUT2D eigenvalue weighted by Gasteiger charge is -2.53. The van der Waals surface area contributed by atoms with Crippen LogP contribution in [0.1, 0.15) is 46.0 Å². The molecule has 2 rings (SSSR count). The smallest absolute Gasteiger partial charge is 0.243 e. The number of amides is 1. The molecular weight excluding hydrogens is 228 g/mol. The number of aliphatic hydroxyl groups is 1. The zero-order valence-corrected chi connectivity index (χ0v) is 11.9. The van der Waals surface area contributed by atoms with Crippen LogP contribution >= 0.6 is 0 Å². The quantitative estimate of drug-likeness (QED) is 0.806. The number of carbonyl (C=O) groups is 1. The minimum atomic E-state index is -0.347. The number of carbonyl (C=O) groups excluding carboxylic acids is 1. The summed E-state index contributed by atoms with van der Waals surface area (Å²) in [6.07, 6.45) is 5.99. The lowest BCUT2D eigenvalue weighted by atomic mass is 9.87. The van der Waals surface area contributed by atoms with Gasteiger partial charge in [0.2, 0.25) is 5.91 Å². The number of piperazine rings is 1. The molecule has 1 amide bonds. The lowest BCUT2D eigenvalue weighted by molar-refractivity contribution is -0.157. The molecule has 1 aliphatic heterocycles. The fourth-order valence-electron chi connectivity index (χ4n) is 3.68. The van der Waals surface area contributed by atoms with Crippen LogP contribution in [0.5, 0.6) is 0 Å². The largest absolute Gasteiger partial charge is 0.394 e. The van der Waals surface area contributed by atoms with E-state index in [1.54, 1.807) is 0 Å². The van der Waals surface area contributed by atoms with Crippen molar-refractivity contribution in [1.29, 1.82) is 0 Å². The summed E-state index contributed by atoms with van der Waals surface area (Å²) in [4.78, 5) is 16.7. The first-order valence-electron chi connectivity index (χ1n) is 7.11. The Bertz CT molecular complexity index is 311. The number of nitrogens with zero attached hydrogens (tertiary/aromatic N) is 2. The second-order valence-corrected chi connectivity index (χ2v) is 6.43. The molecule has 2 fully saturated rings. The fourth-order valence-corrected chi connectivity index (χ4v) is 3.68. The van der Waals surface area contributed by atoms with Crippen molar-refractivity contribution >= 4 is 5.91 Å². The van der Waals surface area contributed by atoms with Crippen molar-refractivity contribution in [2.45, 2.75) is 63.6 Å². The molecule has 1 aliphatic carbocycles. The molecule has 4 heteroatoms. The summed E-state index contributed by atoms with van der Waals surface area (Å²) in [5.41, 5.74) is -0.125. The van der Waals surface area contributed by atoms with E-state index in [9.17, 15) is 9.90 Å². The lowest BCUT2D eigenvalue weighted by Crippen LogP contribution is -2.68. The van der Waals surface area contributed by atoms with E-state index in [2.05, 4.69) is 18.7 Å². The first-order chi connectivity index (χ1) is 8.47. The van der Waals surface area contributed by atoms with Crippen LogP contribution in [0.4, 0.5) is 0 Å². The summed E-state index contributed by atoms with van der Waals surface area (Å²) in [5.74, 6) is 0.114. The normalized spacial score (nSPS) is 30.8. The number of likely N-dealkylation sites (N-methyl/N-ethyl adjacent to an activating group) is 1. The molecule has 0 bridgehead atoms. The first-order valence-corrected chi connectivity index (χ1v) is 7.11. The van der Waals surface area contributed by atoms with Gasteiger partial charge < -0.3 is 10.0 Å². The third-order valence-electron chi connectivity index (χ3n) is 4.46. The molecule has 4 nitrogen and oxygen atoms in total. The van der Waals surface area contributed by atoms with Gasteiger partial charge in [0, 0.05) is 12.6 Å². The Kier molecular flexibility index (Phi) is 3.97. The van der Waals surface area contributed by atoms with Gasteiger partial charge in [-0.1, -0.05) is 19.3 Å². The summed E-state index contributed by atoms with van der Waals surface area (Å²) in [7, 11) is 1.93. The summed E-state index contributed by atoms with van der Waals surface area (Å²) in [5, 5.41) is 9.43. The van der Waals surface area contributed by atoms with Crippen molar-refractivity contribution in [3.8, 4) is 0 Å². The van der Waals surface area contributed by atoms with Crippen LogP contribution in [0.25, 0.3) is 0 Å². The van der Waals surface area contributed by atoms with Crippen LogP contribution in [-0.2, 0) is 4.79 Å². The molecule has 2 aliphatic rings. The molecule has 0 aromatic rings. The fraction of sp³-hybridized carbons (Fsp3) is 0.929. The molecule has 0 aromatic heterocycles. The van der Waals surface area contributed by atoms with Gasteiger partial charge in [0.15, 0.2) is 0 Å². The molecule has 1 N–H and O–H groups in total. The molecule has 1 saturated heterocycles. The Hall–Kier alpha value is -0.610. The van der Waals surface area contributed by atoms with Crippen LogP contribution in [0.15, 0.2) is 0 Å². The molecule has 0 aromatic carbocycles. The first kappa shape index (κ1) is 13.8. The van der Waals surface area contributed by atoms with Gasteiger partial charge in [0.1, 0.15) is 6.04 Å². The Balaban J connectivity index is 2.21. The van der Waals surface area contributed by atoms with Gasteiger partial charge in [-0.25, -0.2) is 0 Å². The maximum absolute atomic E-state index is 12.6. The van der Waals surface area contributed by atoms with Crippen molar-refractivity contribution in [2.75, 3.05) is 20.2 Å². The molecular formula is C14H26N2O2. The standard InChI is InChI=1S/C14H26N2O2/c1-14(2)10-15(3)12(9-17)13(18)16(14)11-7-5-4-6-8-11/h11-12,17H,4-10H2,1-3H3. The highest BCUT2D eigenvalue weighted by Gasteiger charge is 2.45. The molecule has 104 valence electrons. The van der Waals surface area contributed by atoms with E-state index in [0.717, 1.165) is 19.4 Å². The van der Waals surface area contributed by atoms with Gasteiger partial charge in [-0.3, -0.25) is 9.69 Å². The Morgan fingerprint density at radius 3 is 2.44 bits per heavy atom. The molecule has 1 saturated carbocycles. The number of hydrogen-bond acceptors (Lipinski definition) is 3. The van der Waals surface area contributed by atoms with E-state index in [0.29, 0.717) is 6.04 Å². The highest BCUT2D eigenvalue weighted by molar-refractivity contribution is 5.84. The summed E-state index contributed by atoms with van der Waals surface area (Å²) in [6, 6.07) is 0.0314. The minimum absolute atomic E-state index is 0.0748. The predicted molar refractivity (Wildman–Crippen MR) is 71.3 cm³/mol. The van der Waals surface area contributed by atoms with Gasteiger partial charge >= 0.3 is 0 Å². The molecule has 0 spiro atoms. The summed E-state index contributed by atoms with van der Waals surface area (Å²) < 4.78 is 0. The predicted octanol–water partition coefficient (Wildman–Crippen LogP) is 1.23. The summed E-state index contributed by atoms with van der Waals surface area (Å²) >= 11 is 0. The van der Waals surface area contributed by atoms with Gasteiger partial charge in [0.05, 0.1) is 12.1 Å². The molecule has 1 heterocycles. The van der Waals surface area contributed by atoms with Crippen molar-refractivity contribution < 1.29 is 9.90 Å². The highest BCUT2D eigenvalue weighted by atomic mass is 16.3. The van der Waals surface area contributed by atoms with Crippen molar-refractivity contribution in [2.24, 2.45) is 0 Å². The second kappa shape index (κ2) is 5.17. The van der Waals surface area contributed by atoms with Crippen LogP contribution in [0.2, 0.25) is 0 Å². The Morgan fingerprint density at radius 2 is 1.89 bits per heavy atom. The average Bonchev–Trinajstić information content (AvgIpc) is 2.29. The van der Waals surface area contributed by atoms with Crippen molar-refractivity contribution in [3.63, 3.8) is 0 Å². The zero-order valence-electron chi connectivity index (χ0n) is 11.9. The average molecular weight is 254 g/mol. The van der Waals surface area contributed by atoms with Gasteiger partial charge in [-0.05, 0) is 33.7 Å². The van der Waals surface area contributed by atoms with E-state index >= 15 is 0 Å². The number of aliphatic hydroxyl groups excluding tert-OH is 1. The third kappa shape index (κ3) is 2.41. The molecule has 1 atom stereocenters. The maximum atomic E-state index is 12.6. The van der Waals surface area contributed by atoms with E-state index in [1.165, 1.54) is 19.3 Å². The van der Waals surface area contributed by atoms with Gasteiger partial charge in [-0.15, -0.1) is 0 Å². The Morgan fingerprint density at radius 1 is 1.28 bits per heavy atom. The number of rotatable bonds is 2. The minimum Gasteiger partial charge on any atom is -0.394 e. The zero-order chi connectivity index (χ0) is 13.3. The molecule has 18 heavy (non-hydrogen) atoms. The van der Waals surface area contributed by atoms with E-state index in [-0.39, 0.29) is 24.1 Å². The molecule has 1 unspecified atom stereocenters. The van der Waals surface area contributed by atoms with Crippen LogP contribution < -0.4 is 0 Å². The van der Waals surface area contributed by atoms with Gasteiger partial charge in [-0.2, -0.15) is 0 Å². The second-order valence-electron chi connectivity index (χ2n) is 6.43. The van der Waals surface area contributed by atoms with Crippen molar-refractivity contribution in [3.05, 3.63) is 0 Å². The number of hydrogen-bond donors (Lipinski definition) is 1. The Labute approximate surface area is 110 Å². The molecule has 0 radical (unpaired) electrons. The highest BCUT2D eigenvalue weighted by Crippen LogP contribution is 2.32.